The Morgan fingerprint density at radius 2 is 2.06 bits per heavy atom. The Bertz CT molecular complexity index is 324. The molecular weight excluding hydrogens is 230 g/mol. The Balaban J connectivity index is 2.70. The molecule has 1 rings (SSSR count). The van der Waals surface area contributed by atoms with Crippen LogP contribution in [0.2, 0.25) is 0 Å². The van der Waals surface area contributed by atoms with Gasteiger partial charge in [-0.3, -0.25) is 0 Å². The highest BCUT2D eigenvalue weighted by atomic mass is 16.7. The Morgan fingerprint density at radius 1 is 1.33 bits per heavy atom. The third-order valence-electron chi connectivity index (χ3n) is 2.99. The minimum Gasteiger partial charge on any atom is -0.354 e. The average molecular weight is 255 g/mol. The summed E-state index contributed by atoms with van der Waals surface area (Å²) >= 11 is 0. The molecule has 0 aliphatic rings. The predicted octanol–water partition coefficient (Wildman–Crippen LogP) is 1.43. The van der Waals surface area contributed by atoms with Crippen LogP contribution in [0.15, 0.2) is 12.4 Å². The molecule has 1 aromatic heterocycles. The number of nitrogens with one attached hydrogen (secondary N) is 1. The van der Waals surface area contributed by atoms with Gasteiger partial charge >= 0.3 is 0 Å². The molecule has 1 atom stereocenters. The van der Waals surface area contributed by atoms with Gasteiger partial charge in [-0.05, 0) is 19.9 Å². The molecule has 0 spiro atoms. The standard InChI is InChI=1S/C13H25N3O2/c1-5-7-14-11(13(17-3)18-4)10-12-15-8-9-16(12)6-2/h8-9,11,13-14H,5-7,10H2,1-4H3. The zero-order valence-electron chi connectivity index (χ0n) is 11.8. The number of nitrogens with zero attached hydrogens (tertiary/aromatic N) is 2. The van der Waals surface area contributed by atoms with Crippen molar-refractivity contribution in [3.05, 3.63) is 18.2 Å². The lowest BCUT2D eigenvalue weighted by Crippen LogP contribution is -2.44. The van der Waals surface area contributed by atoms with Gasteiger partial charge in [-0.15, -0.1) is 0 Å². The van der Waals surface area contributed by atoms with Gasteiger partial charge in [0.05, 0.1) is 6.04 Å². The first kappa shape index (κ1) is 15.1. The smallest absolute Gasteiger partial charge is 0.172 e. The number of hydrogen-bond acceptors (Lipinski definition) is 4. The van der Waals surface area contributed by atoms with Crippen molar-refractivity contribution in [1.29, 1.82) is 0 Å². The zero-order valence-corrected chi connectivity index (χ0v) is 11.8. The van der Waals surface area contributed by atoms with Crippen molar-refractivity contribution in [3.63, 3.8) is 0 Å². The first-order valence-electron chi connectivity index (χ1n) is 6.55. The molecule has 1 N–H and O–H groups in total. The molecule has 0 amide bonds. The van der Waals surface area contributed by atoms with E-state index in [-0.39, 0.29) is 12.3 Å². The van der Waals surface area contributed by atoms with Crippen LogP contribution in [-0.2, 0) is 22.4 Å². The maximum atomic E-state index is 5.36. The van der Waals surface area contributed by atoms with Crippen LogP contribution in [0.4, 0.5) is 0 Å². The molecule has 1 unspecified atom stereocenters. The molecule has 0 aliphatic carbocycles. The van der Waals surface area contributed by atoms with Gasteiger partial charge in [0.1, 0.15) is 5.82 Å². The third kappa shape index (κ3) is 4.08. The summed E-state index contributed by atoms with van der Waals surface area (Å²) in [5, 5.41) is 3.46. The number of hydrogen-bond donors (Lipinski definition) is 1. The first-order valence-corrected chi connectivity index (χ1v) is 6.55. The van der Waals surface area contributed by atoms with Crippen molar-refractivity contribution in [2.75, 3.05) is 20.8 Å². The minimum atomic E-state index is -0.251. The van der Waals surface area contributed by atoms with Crippen LogP contribution in [0, 0.1) is 0 Å². The molecule has 5 heteroatoms. The molecule has 0 saturated carbocycles. The maximum absolute atomic E-state index is 5.36. The van der Waals surface area contributed by atoms with Crippen LogP contribution >= 0.6 is 0 Å². The molecule has 104 valence electrons. The van der Waals surface area contributed by atoms with Crippen molar-refractivity contribution < 1.29 is 9.47 Å². The Hall–Kier alpha value is -0.910. The SMILES string of the molecule is CCCNC(Cc1nccn1CC)C(OC)OC. The van der Waals surface area contributed by atoms with Gasteiger partial charge in [-0.1, -0.05) is 6.92 Å². The molecule has 0 aliphatic heterocycles. The van der Waals surface area contributed by atoms with Crippen LogP contribution in [0.25, 0.3) is 0 Å². The van der Waals surface area contributed by atoms with Gasteiger partial charge in [0.2, 0.25) is 0 Å². The van der Waals surface area contributed by atoms with E-state index in [0.29, 0.717) is 0 Å². The monoisotopic (exact) mass is 255 g/mol. The van der Waals surface area contributed by atoms with E-state index in [1.807, 2.05) is 12.4 Å². The number of rotatable bonds is 9. The largest absolute Gasteiger partial charge is 0.354 e. The predicted molar refractivity (Wildman–Crippen MR) is 71.5 cm³/mol. The fourth-order valence-corrected chi connectivity index (χ4v) is 2.03. The number of aromatic nitrogens is 2. The lowest BCUT2D eigenvalue weighted by Gasteiger charge is -2.25. The van der Waals surface area contributed by atoms with Crippen molar-refractivity contribution >= 4 is 0 Å². The van der Waals surface area contributed by atoms with Crippen molar-refractivity contribution in [2.24, 2.45) is 0 Å². The third-order valence-corrected chi connectivity index (χ3v) is 2.99. The highest BCUT2D eigenvalue weighted by Gasteiger charge is 2.22. The molecule has 1 heterocycles. The summed E-state index contributed by atoms with van der Waals surface area (Å²) in [5.74, 6) is 1.06. The summed E-state index contributed by atoms with van der Waals surface area (Å²) in [6.45, 7) is 6.14. The molecular formula is C13H25N3O2. The fraction of sp³-hybridized carbons (Fsp3) is 0.769. The number of aryl methyl sites for hydroxylation is 1. The second-order valence-corrected chi connectivity index (χ2v) is 4.23. The lowest BCUT2D eigenvalue weighted by atomic mass is 10.1. The topological polar surface area (TPSA) is 48.3 Å². The highest BCUT2D eigenvalue weighted by molar-refractivity contribution is 4.96. The molecule has 0 saturated heterocycles. The zero-order chi connectivity index (χ0) is 13.4. The molecule has 0 fully saturated rings. The molecule has 18 heavy (non-hydrogen) atoms. The van der Waals surface area contributed by atoms with Crippen LogP contribution < -0.4 is 5.32 Å². The maximum Gasteiger partial charge on any atom is 0.172 e. The van der Waals surface area contributed by atoms with Crippen LogP contribution in [0.5, 0.6) is 0 Å². The van der Waals surface area contributed by atoms with E-state index in [4.69, 9.17) is 9.47 Å². The Morgan fingerprint density at radius 3 is 2.61 bits per heavy atom. The fourth-order valence-electron chi connectivity index (χ4n) is 2.03. The van der Waals surface area contributed by atoms with E-state index in [1.165, 1.54) is 0 Å². The van der Waals surface area contributed by atoms with E-state index >= 15 is 0 Å². The summed E-state index contributed by atoms with van der Waals surface area (Å²) < 4.78 is 12.9. The van der Waals surface area contributed by atoms with Gasteiger partial charge in [0.25, 0.3) is 0 Å². The van der Waals surface area contributed by atoms with Gasteiger partial charge in [0, 0.05) is 39.6 Å². The van der Waals surface area contributed by atoms with Crippen molar-refractivity contribution in [1.82, 2.24) is 14.9 Å². The first-order chi connectivity index (χ1) is 8.76. The molecule has 5 nitrogen and oxygen atoms in total. The molecule has 0 bridgehead atoms. The number of methoxy groups -OCH3 is 2. The Labute approximate surface area is 109 Å². The summed E-state index contributed by atoms with van der Waals surface area (Å²) in [7, 11) is 3.34. The van der Waals surface area contributed by atoms with Crippen LogP contribution in [-0.4, -0.2) is 42.6 Å². The summed E-state index contributed by atoms with van der Waals surface area (Å²) in [5.41, 5.74) is 0. The summed E-state index contributed by atoms with van der Waals surface area (Å²) in [4.78, 5) is 4.40. The minimum absolute atomic E-state index is 0.118. The normalized spacial score (nSPS) is 13.2. The van der Waals surface area contributed by atoms with Gasteiger partial charge in [0.15, 0.2) is 6.29 Å². The van der Waals surface area contributed by atoms with E-state index in [0.717, 1.165) is 31.8 Å². The van der Waals surface area contributed by atoms with Crippen LogP contribution in [0.1, 0.15) is 26.1 Å². The molecule has 0 aromatic carbocycles. The molecule has 1 aromatic rings. The van der Waals surface area contributed by atoms with E-state index in [2.05, 4.69) is 28.7 Å². The van der Waals surface area contributed by atoms with Gasteiger partial charge in [-0.25, -0.2) is 4.98 Å². The second-order valence-electron chi connectivity index (χ2n) is 4.23. The molecule has 0 radical (unpaired) electrons. The number of ether oxygens (including phenoxy) is 2. The van der Waals surface area contributed by atoms with Gasteiger partial charge in [-0.2, -0.15) is 0 Å². The second kappa shape index (κ2) is 8.24. The van der Waals surface area contributed by atoms with Crippen molar-refractivity contribution in [3.8, 4) is 0 Å². The quantitative estimate of drug-likeness (QED) is 0.678. The lowest BCUT2D eigenvalue weighted by molar-refractivity contribution is -0.122. The van der Waals surface area contributed by atoms with E-state index < -0.39 is 0 Å². The summed E-state index contributed by atoms with van der Waals surface area (Å²) in [6, 6.07) is 0.118. The van der Waals surface area contributed by atoms with E-state index in [1.54, 1.807) is 14.2 Å². The Kier molecular flexibility index (Phi) is 6.93. The average Bonchev–Trinajstić information content (AvgIpc) is 2.84. The number of imidazole rings is 1. The van der Waals surface area contributed by atoms with Crippen LogP contribution in [0.3, 0.4) is 0 Å². The van der Waals surface area contributed by atoms with E-state index in [9.17, 15) is 0 Å². The van der Waals surface area contributed by atoms with Gasteiger partial charge < -0.3 is 19.4 Å². The highest BCUT2D eigenvalue weighted by Crippen LogP contribution is 2.08. The summed E-state index contributed by atoms with van der Waals surface area (Å²) in [6.07, 6.45) is 5.47. The van der Waals surface area contributed by atoms with Crippen molar-refractivity contribution in [2.45, 2.75) is 45.6 Å².